The molecule has 0 aliphatic carbocycles. The number of benzene rings is 1. The molecule has 1 heterocycles. The Balaban J connectivity index is 2.24. The summed E-state index contributed by atoms with van der Waals surface area (Å²) >= 11 is 0. The van der Waals surface area contributed by atoms with Crippen molar-refractivity contribution in [2.45, 2.75) is 26.9 Å². The van der Waals surface area contributed by atoms with Crippen molar-refractivity contribution >= 4 is 16.9 Å². The van der Waals surface area contributed by atoms with Crippen molar-refractivity contribution in [3.8, 4) is 0 Å². The zero-order valence-electron chi connectivity index (χ0n) is 12.2. The van der Waals surface area contributed by atoms with Crippen molar-refractivity contribution in [2.24, 2.45) is 5.92 Å². The van der Waals surface area contributed by atoms with Gasteiger partial charge in [-0.1, -0.05) is 26.0 Å². The summed E-state index contributed by atoms with van der Waals surface area (Å²) in [5, 5.41) is 2.91. The lowest BCUT2D eigenvalue weighted by molar-refractivity contribution is -0.124. The molecular weight excluding hydrogens is 254 g/mol. The number of imidazole rings is 1. The number of fused-ring (bicyclic) bond motifs is 1. The van der Waals surface area contributed by atoms with E-state index in [-0.39, 0.29) is 11.8 Å². The van der Waals surface area contributed by atoms with Crippen molar-refractivity contribution in [1.29, 1.82) is 0 Å². The number of nitrogens with one attached hydrogen (secondary N) is 1. The third-order valence-electron chi connectivity index (χ3n) is 3.20. The highest BCUT2D eigenvalue weighted by Gasteiger charge is 2.12. The molecule has 0 fully saturated rings. The lowest BCUT2D eigenvalue weighted by Crippen LogP contribution is -2.28. The second-order valence-electron chi connectivity index (χ2n) is 5.03. The van der Waals surface area contributed by atoms with Crippen LogP contribution in [0.15, 0.2) is 24.3 Å². The van der Waals surface area contributed by atoms with E-state index in [1.54, 1.807) is 7.11 Å². The fraction of sp³-hybridized carbons (Fsp3) is 0.467. The van der Waals surface area contributed by atoms with E-state index in [4.69, 9.17) is 4.74 Å². The monoisotopic (exact) mass is 275 g/mol. The first-order valence-corrected chi connectivity index (χ1v) is 6.84. The maximum atomic E-state index is 11.7. The molecule has 0 atom stereocenters. The first-order chi connectivity index (χ1) is 9.63. The summed E-state index contributed by atoms with van der Waals surface area (Å²) in [6.07, 6.45) is 0. The largest absolute Gasteiger partial charge is 0.383 e. The molecule has 1 N–H and O–H groups in total. The van der Waals surface area contributed by atoms with E-state index < -0.39 is 0 Å². The molecule has 2 aromatic rings. The summed E-state index contributed by atoms with van der Waals surface area (Å²) in [7, 11) is 1.68. The highest BCUT2D eigenvalue weighted by molar-refractivity contribution is 5.78. The summed E-state index contributed by atoms with van der Waals surface area (Å²) in [5.41, 5.74) is 2.01. The Morgan fingerprint density at radius 2 is 2.15 bits per heavy atom. The van der Waals surface area contributed by atoms with Crippen LogP contribution >= 0.6 is 0 Å². The minimum absolute atomic E-state index is 0.0215. The smallest absolute Gasteiger partial charge is 0.222 e. The number of hydrogen-bond donors (Lipinski definition) is 1. The van der Waals surface area contributed by atoms with Gasteiger partial charge in [0.05, 0.1) is 24.2 Å². The van der Waals surface area contributed by atoms with Gasteiger partial charge in [-0.15, -0.1) is 0 Å². The number of methoxy groups -OCH3 is 1. The fourth-order valence-corrected chi connectivity index (χ4v) is 2.06. The summed E-state index contributed by atoms with van der Waals surface area (Å²) in [6.45, 7) is 5.54. The van der Waals surface area contributed by atoms with Crippen molar-refractivity contribution in [3.05, 3.63) is 30.1 Å². The Bertz CT molecular complexity index is 590. The maximum Gasteiger partial charge on any atom is 0.222 e. The van der Waals surface area contributed by atoms with Gasteiger partial charge in [0.25, 0.3) is 0 Å². The van der Waals surface area contributed by atoms with Gasteiger partial charge in [0.2, 0.25) is 5.91 Å². The average Bonchev–Trinajstić information content (AvgIpc) is 2.80. The normalized spacial score (nSPS) is 11.2. The second-order valence-corrected chi connectivity index (χ2v) is 5.03. The predicted molar refractivity (Wildman–Crippen MR) is 78.3 cm³/mol. The van der Waals surface area contributed by atoms with E-state index in [2.05, 4.69) is 14.9 Å². The molecule has 108 valence electrons. The van der Waals surface area contributed by atoms with Crippen LogP contribution < -0.4 is 5.32 Å². The standard InChI is InChI=1S/C15H21N3O2/c1-11(2)15(19)16-10-14-17-12-6-4-5-7-13(12)18(14)8-9-20-3/h4-7,11H,8-10H2,1-3H3,(H,16,19). The first-order valence-electron chi connectivity index (χ1n) is 6.84. The van der Waals surface area contributed by atoms with Crippen molar-refractivity contribution in [3.63, 3.8) is 0 Å². The summed E-state index contributed by atoms with van der Waals surface area (Å²) < 4.78 is 7.24. The Morgan fingerprint density at radius 1 is 1.40 bits per heavy atom. The Kier molecular flexibility index (Phi) is 4.74. The van der Waals surface area contributed by atoms with Crippen molar-refractivity contribution < 1.29 is 9.53 Å². The Hall–Kier alpha value is -1.88. The molecule has 20 heavy (non-hydrogen) atoms. The van der Waals surface area contributed by atoms with E-state index in [1.807, 2.05) is 38.1 Å². The summed E-state index contributed by atoms with van der Waals surface area (Å²) in [5.74, 6) is 0.874. The Morgan fingerprint density at radius 3 is 2.85 bits per heavy atom. The van der Waals surface area contributed by atoms with Gasteiger partial charge in [-0.05, 0) is 12.1 Å². The summed E-state index contributed by atoms with van der Waals surface area (Å²) in [4.78, 5) is 16.3. The van der Waals surface area contributed by atoms with Crippen LogP contribution in [0.5, 0.6) is 0 Å². The van der Waals surface area contributed by atoms with E-state index >= 15 is 0 Å². The molecule has 5 nitrogen and oxygen atoms in total. The lowest BCUT2D eigenvalue weighted by Gasteiger charge is -2.10. The zero-order valence-corrected chi connectivity index (χ0v) is 12.2. The van der Waals surface area contributed by atoms with Crippen LogP contribution in [-0.2, 0) is 22.6 Å². The molecule has 0 saturated carbocycles. The van der Waals surface area contributed by atoms with E-state index in [1.165, 1.54) is 0 Å². The topological polar surface area (TPSA) is 56.1 Å². The molecular formula is C15H21N3O2. The molecule has 0 aliphatic rings. The molecule has 2 rings (SSSR count). The highest BCUT2D eigenvalue weighted by Crippen LogP contribution is 2.16. The molecule has 0 saturated heterocycles. The molecule has 1 aromatic carbocycles. The number of carbonyl (C=O) groups is 1. The van der Waals surface area contributed by atoms with Gasteiger partial charge in [-0.2, -0.15) is 0 Å². The number of carbonyl (C=O) groups excluding carboxylic acids is 1. The molecule has 1 aromatic heterocycles. The van der Waals surface area contributed by atoms with E-state index in [0.717, 1.165) is 23.4 Å². The molecule has 1 amide bonds. The van der Waals surface area contributed by atoms with Crippen LogP contribution in [-0.4, -0.2) is 29.2 Å². The molecule has 0 radical (unpaired) electrons. The Labute approximate surface area is 118 Å². The predicted octanol–water partition coefficient (Wildman–Crippen LogP) is 1.95. The number of nitrogens with zero attached hydrogens (tertiary/aromatic N) is 2. The van der Waals surface area contributed by atoms with Gasteiger partial charge in [-0.3, -0.25) is 4.79 Å². The van der Waals surface area contributed by atoms with E-state index in [0.29, 0.717) is 13.2 Å². The number of rotatable bonds is 6. The number of para-hydroxylation sites is 2. The average molecular weight is 275 g/mol. The minimum Gasteiger partial charge on any atom is -0.383 e. The van der Waals surface area contributed by atoms with Crippen LogP contribution in [0.25, 0.3) is 11.0 Å². The van der Waals surface area contributed by atoms with E-state index in [9.17, 15) is 4.79 Å². The van der Waals surface area contributed by atoms with Crippen LogP contribution in [0, 0.1) is 5.92 Å². The van der Waals surface area contributed by atoms with Crippen molar-refractivity contribution in [1.82, 2.24) is 14.9 Å². The fourth-order valence-electron chi connectivity index (χ4n) is 2.06. The summed E-state index contributed by atoms with van der Waals surface area (Å²) in [6, 6.07) is 7.97. The zero-order chi connectivity index (χ0) is 14.5. The van der Waals surface area contributed by atoms with Crippen LogP contribution in [0.3, 0.4) is 0 Å². The molecule has 0 aliphatic heterocycles. The van der Waals surface area contributed by atoms with Crippen LogP contribution in [0.4, 0.5) is 0 Å². The number of aromatic nitrogens is 2. The number of ether oxygens (including phenoxy) is 1. The first kappa shape index (κ1) is 14.5. The van der Waals surface area contributed by atoms with Gasteiger partial charge in [-0.25, -0.2) is 4.98 Å². The van der Waals surface area contributed by atoms with Gasteiger partial charge in [0, 0.05) is 19.6 Å². The molecule has 0 bridgehead atoms. The number of hydrogen-bond acceptors (Lipinski definition) is 3. The molecule has 0 spiro atoms. The highest BCUT2D eigenvalue weighted by atomic mass is 16.5. The second kappa shape index (κ2) is 6.52. The third-order valence-corrected chi connectivity index (χ3v) is 3.20. The molecule has 5 heteroatoms. The third kappa shape index (κ3) is 3.17. The van der Waals surface area contributed by atoms with Gasteiger partial charge in [0.1, 0.15) is 5.82 Å². The molecule has 0 unspecified atom stereocenters. The quantitative estimate of drug-likeness (QED) is 0.876. The van der Waals surface area contributed by atoms with Crippen LogP contribution in [0.1, 0.15) is 19.7 Å². The SMILES string of the molecule is COCCn1c(CNC(=O)C(C)C)nc2ccccc21. The lowest BCUT2D eigenvalue weighted by atomic mass is 10.2. The number of amides is 1. The maximum absolute atomic E-state index is 11.7. The van der Waals surface area contributed by atoms with Crippen molar-refractivity contribution in [2.75, 3.05) is 13.7 Å². The minimum atomic E-state index is -0.0215. The van der Waals surface area contributed by atoms with Gasteiger partial charge in [0.15, 0.2) is 0 Å². The van der Waals surface area contributed by atoms with Crippen LogP contribution in [0.2, 0.25) is 0 Å². The van der Waals surface area contributed by atoms with Gasteiger partial charge >= 0.3 is 0 Å². The van der Waals surface area contributed by atoms with Gasteiger partial charge < -0.3 is 14.6 Å².